The second kappa shape index (κ2) is 3.77. The van der Waals surface area contributed by atoms with Gasteiger partial charge in [0.1, 0.15) is 17.2 Å². The van der Waals surface area contributed by atoms with Gasteiger partial charge in [-0.15, -0.1) is 11.8 Å². The van der Waals surface area contributed by atoms with Crippen LogP contribution in [0.1, 0.15) is 19.8 Å². The number of nitrogens with zero attached hydrogens (tertiary/aromatic N) is 2. The highest BCUT2D eigenvalue weighted by molar-refractivity contribution is 7.98. The SMILES string of the molecule is CSc1cc(NCC2(C)CC2)ncn1. The highest BCUT2D eigenvalue weighted by atomic mass is 32.2. The van der Waals surface area contributed by atoms with E-state index in [1.165, 1.54) is 12.8 Å². The Morgan fingerprint density at radius 2 is 2.29 bits per heavy atom. The van der Waals surface area contributed by atoms with Gasteiger partial charge in [-0.1, -0.05) is 6.92 Å². The van der Waals surface area contributed by atoms with Crippen molar-refractivity contribution < 1.29 is 0 Å². The highest BCUT2D eigenvalue weighted by Gasteiger charge is 2.36. The average molecular weight is 209 g/mol. The molecule has 0 atom stereocenters. The fourth-order valence-electron chi connectivity index (χ4n) is 1.24. The smallest absolute Gasteiger partial charge is 0.130 e. The van der Waals surface area contributed by atoms with Crippen LogP contribution >= 0.6 is 11.8 Å². The molecule has 1 aromatic rings. The first-order chi connectivity index (χ1) is 6.72. The van der Waals surface area contributed by atoms with Crippen LogP contribution in [-0.2, 0) is 0 Å². The first-order valence-corrected chi connectivity index (χ1v) is 6.04. The summed E-state index contributed by atoms with van der Waals surface area (Å²) in [5.74, 6) is 0.942. The molecule has 1 aliphatic rings. The number of thioether (sulfide) groups is 1. The van der Waals surface area contributed by atoms with Gasteiger partial charge in [-0.25, -0.2) is 9.97 Å². The van der Waals surface area contributed by atoms with Gasteiger partial charge in [0, 0.05) is 12.6 Å². The van der Waals surface area contributed by atoms with E-state index in [2.05, 4.69) is 22.2 Å². The Morgan fingerprint density at radius 1 is 1.50 bits per heavy atom. The van der Waals surface area contributed by atoms with Gasteiger partial charge in [0.2, 0.25) is 0 Å². The van der Waals surface area contributed by atoms with Crippen LogP contribution in [0.5, 0.6) is 0 Å². The van der Waals surface area contributed by atoms with Crippen molar-refractivity contribution in [2.75, 3.05) is 18.1 Å². The zero-order chi connectivity index (χ0) is 10.0. The number of rotatable bonds is 4. The molecular formula is C10H15N3S. The van der Waals surface area contributed by atoms with Crippen molar-refractivity contribution in [1.29, 1.82) is 0 Å². The van der Waals surface area contributed by atoms with Crippen LogP contribution in [0.3, 0.4) is 0 Å². The molecule has 1 aromatic heterocycles. The first kappa shape index (κ1) is 9.77. The lowest BCUT2D eigenvalue weighted by molar-refractivity contribution is 0.609. The van der Waals surface area contributed by atoms with Crippen LogP contribution in [-0.4, -0.2) is 22.8 Å². The zero-order valence-electron chi connectivity index (χ0n) is 8.58. The summed E-state index contributed by atoms with van der Waals surface area (Å²) in [5.41, 5.74) is 0.518. The Bertz CT molecular complexity index is 323. The second-order valence-corrected chi connectivity index (χ2v) is 4.94. The molecule has 3 nitrogen and oxygen atoms in total. The van der Waals surface area contributed by atoms with E-state index < -0.39 is 0 Å². The molecule has 0 saturated heterocycles. The highest BCUT2D eigenvalue weighted by Crippen LogP contribution is 2.44. The van der Waals surface area contributed by atoms with Gasteiger partial charge in [0.25, 0.3) is 0 Å². The quantitative estimate of drug-likeness (QED) is 0.610. The van der Waals surface area contributed by atoms with Crippen LogP contribution in [0.4, 0.5) is 5.82 Å². The predicted octanol–water partition coefficient (Wildman–Crippen LogP) is 2.41. The second-order valence-electron chi connectivity index (χ2n) is 4.11. The van der Waals surface area contributed by atoms with E-state index in [4.69, 9.17) is 0 Å². The fourth-order valence-corrected chi connectivity index (χ4v) is 1.62. The Labute approximate surface area is 88.7 Å². The van der Waals surface area contributed by atoms with E-state index in [9.17, 15) is 0 Å². The van der Waals surface area contributed by atoms with Gasteiger partial charge in [-0.2, -0.15) is 0 Å². The lowest BCUT2D eigenvalue weighted by Gasteiger charge is -2.10. The van der Waals surface area contributed by atoms with Crippen molar-refractivity contribution in [2.45, 2.75) is 24.8 Å². The van der Waals surface area contributed by atoms with Crippen molar-refractivity contribution in [3.05, 3.63) is 12.4 Å². The number of hydrogen-bond donors (Lipinski definition) is 1. The summed E-state index contributed by atoms with van der Waals surface area (Å²) in [4.78, 5) is 8.31. The number of hydrogen-bond acceptors (Lipinski definition) is 4. The van der Waals surface area contributed by atoms with E-state index in [0.717, 1.165) is 17.4 Å². The molecule has 1 saturated carbocycles. The van der Waals surface area contributed by atoms with Crippen LogP contribution in [0.2, 0.25) is 0 Å². The van der Waals surface area contributed by atoms with Crippen molar-refractivity contribution in [1.82, 2.24) is 9.97 Å². The third-order valence-corrected chi connectivity index (χ3v) is 3.29. The van der Waals surface area contributed by atoms with Crippen molar-refractivity contribution >= 4 is 17.6 Å². The summed E-state index contributed by atoms with van der Waals surface area (Å²) < 4.78 is 0. The molecule has 0 spiro atoms. The molecule has 1 fully saturated rings. The summed E-state index contributed by atoms with van der Waals surface area (Å²) >= 11 is 1.64. The molecule has 0 amide bonds. The molecule has 1 aliphatic carbocycles. The summed E-state index contributed by atoms with van der Waals surface area (Å²) in [5, 5.41) is 4.37. The lowest BCUT2D eigenvalue weighted by atomic mass is 10.1. The van der Waals surface area contributed by atoms with Crippen molar-refractivity contribution in [3.63, 3.8) is 0 Å². The summed E-state index contributed by atoms with van der Waals surface area (Å²) in [6.07, 6.45) is 6.30. The van der Waals surface area contributed by atoms with E-state index in [-0.39, 0.29) is 0 Å². The maximum Gasteiger partial charge on any atom is 0.130 e. The van der Waals surface area contributed by atoms with Crippen LogP contribution in [0, 0.1) is 5.41 Å². The fraction of sp³-hybridized carbons (Fsp3) is 0.600. The number of nitrogens with one attached hydrogen (secondary N) is 1. The summed E-state index contributed by atoms with van der Waals surface area (Å²) in [6.45, 7) is 3.33. The predicted molar refractivity (Wildman–Crippen MR) is 59.6 cm³/mol. The third kappa shape index (κ3) is 2.38. The largest absolute Gasteiger partial charge is 0.369 e. The molecule has 0 aromatic carbocycles. The third-order valence-electron chi connectivity index (χ3n) is 2.65. The molecule has 2 rings (SSSR count). The molecule has 76 valence electrons. The molecule has 1 N–H and O–H groups in total. The van der Waals surface area contributed by atoms with Crippen LogP contribution < -0.4 is 5.32 Å². The monoisotopic (exact) mass is 209 g/mol. The van der Waals surface area contributed by atoms with E-state index in [0.29, 0.717) is 5.41 Å². The minimum Gasteiger partial charge on any atom is -0.369 e. The molecular weight excluding hydrogens is 194 g/mol. The van der Waals surface area contributed by atoms with Gasteiger partial charge in [-0.05, 0) is 24.5 Å². The van der Waals surface area contributed by atoms with E-state index >= 15 is 0 Å². The van der Waals surface area contributed by atoms with E-state index in [1.54, 1.807) is 18.1 Å². The Morgan fingerprint density at radius 3 is 2.93 bits per heavy atom. The van der Waals surface area contributed by atoms with Gasteiger partial charge < -0.3 is 5.32 Å². The standard InChI is InChI=1S/C10H15N3S/c1-10(3-4-10)6-11-8-5-9(14-2)13-7-12-8/h5,7H,3-4,6H2,1-2H3,(H,11,12,13). The molecule has 1 heterocycles. The maximum atomic E-state index is 4.18. The summed E-state index contributed by atoms with van der Waals surface area (Å²) in [7, 11) is 0. The van der Waals surface area contributed by atoms with Gasteiger partial charge in [0.15, 0.2) is 0 Å². The number of aromatic nitrogens is 2. The molecule has 0 bridgehead atoms. The van der Waals surface area contributed by atoms with Crippen LogP contribution in [0.15, 0.2) is 17.4 Å². The lowest BCUT2D eigenvalue weighted by Crippen LogP contribution is -2.12. The van der Waals surface area contributed by atoms with Gasteiger partial charge in [-0.3, -0.25) is 0 Å². The van der Waals surface area contributed by atoms with Crippen LogP contribution in [0.25, 0.3) is 0 Å². The van der Waals surface area contributed by atoms with E-state index in [1.807, 2.05) is 12.3 Å². The molecule has 4 heteroatoms. The molecule has 14 heavy (non-hydrogen) atoms. The molecule has 0 aliphatic heterocycles. The minimum absolute atomic E-state index is 0.518. The zero-order valence-corrected chi connectivity index (χ0v) is 9.40. The Hall–Kier alpha value is -0.770. The number of anilines is 1. The minimum atomic E-state index is 0.518. The van der Waals surface area contributed by atoms with Gasteiger partial charge >= 0.3 is 0 Å². The van der Waals surface area contributed by atoms with Crippen molar-refractivity contribution in [2.24, 2.45) is 5.41 Å². The molecule has 0 radical (unpaired) electrons. The average Bonchev–Trinajstić information content (AvgIpc) is 2.95. The van der Waals surface area contributed by atoms with Gasteiger partial charge in [0.05, 0.1) is 0 Å². The topological polar surface area (TPSA) is 37.8 Å². The van der Waals surface area contributed by atoms with Crippen molar-refractivity contribution in [3.8, 4) is 0 Å². The summed E-state index contributed by atoms with van der Waals surface area (Å²) in [6, 6.07) is 2.00. The molecule has 0 unspecified atom stereocenters. The normalized spacial score (nSPS) is 17.9. The Kier molecular flexibility index (Phi) is 2.63. The first-order valence-electron chi connectivity index (χ1n) is 4.82. The maximum absolute atomic E-state index is 4.18. The Balaban J connectivity index is 1.94.